The number of hydrogen-bond acceptors (Lipinski definition) is 4. The van der Waals surface area contributed by atoms with Crippen LogP contribution in [0, 0.1) is 6.92 Å². The summed E-state index contributed by atoms with van der Waals surface area (Å²) < 4.78 is 34.8. The van der Waals surface area contributed by atoms with E-state index in [0.717, 1.165) is 45.6 Å². The Bertz CT molecular complexity index is 1260. The lowest BCUT2D eigenvalue weighted by Gasteiger charge is -2.23. The number of anilines is 1. The van der Waals surface area contributed by atoms with Gasteiger partial charge in [-0.1, -0.05) is 56.2 Å². The predicted octanol–water partition coefficient (Wildman–Crippen LogP) is 7.24. The molecule has 0 fully saturated rings. The fourth-order valence-electron chi connectivity index (χ4n) is 3.80. The zero-order valence-electron chi connectivity index (χ0n) is 21.2. The molecule has 0 atom stereocenters. The van der Waals surface area contributed by atoms with Gasteiger partial charge >= 0.3 is 0 Å². The quantitative estimate of drug-likeness (QED) is 0.215. The second kappa shape index (κ2) is 13.1. The largest absolute Gasteiger partial charge is 0.492 e. The van der Waals surface area contributed by atoms with Crippen LogP contribution in [0.1, 0.15) is 56.2 Å². The molecule has 192 valence electrons. The minimum Gasteiger partial charge on any atom is -0.492 e. The number of carbonyl (C=O) groups is 1. The highest BCUT2D eigenvalue weighted by molar-refractivity contribution is 9.10. The van der Waals surface area contributed by atoms with Gasteiger partial charge in [-0.05, 0) is 96.1 Å². The standard InChI is InChI=1S/C29H34BrNO4S/c1-4-6-8-24-12-15-25(16-13-24)31(36(33,34)26-17-10-22(3)11-18-26)29(32)9-7-20-35-28-19-14-23(5-2)21-27(28)30/h10-19,21H,4-9,20H2,1-3H3. The molecular weight excluding hydrogens is 538 g/mol. The molecule has 0 saturated heterocycles. The molecule has 3 rings (SSSR count). The summed E-state index contributed by atoms with van der Waals surface area (Å²) in [5.74, 6) is 0.215. The monoisotopic (exact) mass is 571 g/mol. The third-order valence-electron chi connectivity index (χ3n) is 5.97. The van der Waals surface area contributed by atoms with Gasteiger partial charge in [-0.15, -0.1) is 0 Å². The van der Waals surface area contributed by atoms with Crippen LogP contribution in [-0.2, 0) is 27.7 Å². The van der Waals surface area contributed by atoms with E-state index in [1.54, 1.807) is 36.4 Å². The Labute approximate surface area is 223 Å². The summed E-state index contributed by atoms with van der Waals surface area (Å²) >= 11 is 3.52. The van der Waals surface area contributed by atoms with Crippen molar-refractivity contribution >= 4 is 37.5 Å². The van der Waals surface area contributed by atoms with Crippen LogP contribution in [0.3, 0.4) is 0 Å². The number of unbranched alkanes of at least 4 members (excludes halogenated alkanes) is 1. The van der Waals surface area contributed by atoms with Crippen LogP contribution in [0.15, 0.2) is 76.1 Å². The molecule has 0 bridgehead atoms. The van der Waals surface area contributed by atoms with Crippen LogP contribution in [0.2, 0.25) is 0 Å². The van der Waals surface area contributed by atoms with Crippen molar-refractivity contribution in [3.8, 4) is 5.75 Å². The third kappa shape index (κ3) is 7.20. The summed E-state index contributed by atoms with van der Waals surface area (Å²) in [7, 11) is -4.07. The number of hydrogen-bond donors (Lipinski definition) is 0. The van der Waals surface area contributed by atoms with Crippen molar-refractivity contribution in [1.29, 1.82) is 0 Å². The van der Waals surface area contributed by atoms with Crippen molar-refractivity contribution in [2.75, 3.05) is 10.9 Å². The average molecular weight is 573 g/mol. The fourth-order valence-corrected chi connectivity index (χ4v) is 5.79. The molecule has 0 radical (unpaired) electrons. The highest BCUT2D eigenvalue weighted by Gasteiger charge is 2.30. The molecule has 0 heterocycles. The first-order valence-electron chi connectivity index (χ1n) is 12.4. The SMILES string of the molecule is CCCCc1ccc(N(C(=O)CCCOc2ccc(CC)cc2Br)S(=O)(=O)c2ccc(C)cc2)cc1. The second-order valence-corrected chi connectivity index (χ2v) is 11.5. The van der Waals surface area contributed by atoms with Crippen molar-refractivity contribution < 1.29 is 17.9 Å². The first kappa shape index (κ1) is 27.9. The van der Waals surface area contributed by atoms with Crippen molar-refractivity contribution in [1.82, 2.24) is 0 Å². The van der Waals surface area contributed by atoms with Gasteiger partial charge in [-0.25, -0.2) is 12.7 Å². The topological polar surface area (TPSA) is 63.7 Å². The number of halogens is 1. The Morgan fingerprint density at radius 1 is 0.917 bits per heavy atom. The lowest BCUT2D eigenvalue weighted by Crippen LogP contribution is -2.37. The van der Waals surface area contributed by atoms with E-state index in [1.165, 1.54) is 5.56 Å². The highest BCUT2D eigenvalue weighted by Crippen LogP contribution is 2.28. The zero-order chi connectivity index (χ0) is 26.1. The molecule has 36 heavy (non-hydrogen) atoms. The van der Waals surface area contributed by atoms with Gasteiger partial charge in [0.1, 0.15) is 5.75 Å². The van der Waals surface area contributed by atoms with E-state index in [4.69, 9.17) is 4.74 Å². The molecule has 0 N–H and O–H groups in total. The third-order valence-corrected chi connectivity index (χ3v) is 8.36. The summed E-state index contributed by atoms with van der Waals surface area (Å²) in [6.07, 6.45) is 4.40. The van der Waals surface area contributed by atoms with E-state index in [1.807, 2.05) is 37.3 Å². The highest BCUT2D eigenvalue weighted by atomic mass is 79.9. The number of amides is 1. The maximum absolute atomic E-state index is 13.6. The first-order valence-corrected chi connectivity index (χ1v) is 14.6. The van der Waals surface area contributed by atoms with Crippen LogP contribution in [0.5, 0.6) is 5.75 Å². The van der Waals surface area contributed by atoms with Gasteiger partial charge in [0.05, 0.1) is 21.7 Å². The van der Waals surface area contributed by atoms with Gasteiger partial charge in [-0.2, -0.15) is 0 Å². The molecule has 7 heteroatoms. The predicted molar refractivity (Wildman–Crippen MR) is 149 cm³/mol. The van der Waals surface area contributed by atoms with E-state index in [0.29, 0.717) is 24.5 Å². The lowest BCUT2D eigenvalue weighted by atomic mass is 10.1. The van der Waals surface area contributed by atoms with Gasteiger partial charge in [-0.3, -0.25) is 4.79 Å². The Kier molecular flexibility index (Phi) is 10.1. The maximum Gasteiger partial charge on any atom is 0.270 e. The van der Waals surface area contributed by atoms with Crippen molar-refractivity contribution in [3.63, 3.8) is 0 Å². The summed E-state index contributed by atoms with van der Waals surface area (Å²) in [5, 5.41) is 0. The normalized spacial score (nSPS) is 11.3. The molecule has 1 amide bonds. The molecule has 0 aliphatic rings. The van der Waals surface area contributed by atoms with Gasteiger partial charge in [0.25, 0.3) is 10.0 Å². The maximum atomic E-state index is 13.6. The van der Waals surface area contributed by atoms with Crippen molar-refractivity contribution in [2.45, 2.75) is 64.2 Å². The second-order valence-electron chi connectivity index (χ2n) is 8.82. The smallest absolute Gasteiger partial charge is 0.270 e. The molecule has 0 unspecified atom stereocenters. The Morgan fingerprint density at radius 3 is 2.19 bits per heavy atom. The number of rotatable bonds is 12. The van der Waals surface area contributed by atoms with E-state index in [2.05, 4.69) is 29.8 Å². The summed E-state index contributed by atoms with van der Waals surface area (Å²) in [4.78, 5) is 13.4. The van der Waals surface area contributed by atoms with E-state index in [-0.39, 0.29) is 11.3 Å². The molecule has 5 nitrogen and oxygen atoms in total. The van der Waals surface area contributed by atoms with E-state index < -0.39 is 15.9 Å². The summed E-state index contributed by atoms with van der Waals surface area (Å²) in [6.45, 7) is 6.40. The molecule has 3 aromatic carbocycles. The number of ether oxygens (including phenoxy) is 1. The van der Waals surface area contributed by atoms with Crippen LogP contribution in [0.25, 0.3) is 0 Å². The molecular formula is C29H34BrNO4S. The Morgan fingerprint density at radius 2 is 1.58 bits per heavy atom. The lowest BCUT2D eigenvalue weighted by molar-refractivity contribution is -0.117. The Hall–Kier alpha value is -2.64. The first-order chi connectivity index (χ1) is 17.3. The summed E-state index contributed by atoms with van der Waals surface area (Å²) in [5.41, 5.74) is 3.61. The Balaban J connectivity index is 1.77. The number of carbonyl (C=O) groups excluding carboxylic acids is 1. The number of benzene rings is 3. The van der Waals surface area contributed by atoms with Crippen LogP contribution >= 0.6 is 15.9 Å². The van der Waals surface area contributed by atoms with Crippen molar-refractivity contribution in [3.05, 3.63) is 87.9 Å². The van der Waals surface area contributed by atoms with Gasteiger partial charge in [0.2, 0.25) is 5.91 Å². The van der Waals surface area contributed by atoms with Gasteiger partial charge in [0, 0.05) is 6.42 Å². The van der Waals surface area contributed by atoms with E-state index >= 15 is 0 Å². The average Bonchev–Trinajstić information content (AvgIpc) is 2.87. The minimum absolute atomic E-state index is 0.0351. The molecule has 0 aromatic heterocycles. The van der Waals surface area contributed by atoms with Crippen LogP contribution in [-0.4, -0.2) is 20.9 Å². The molecule has 0 spiro atoms. The van der Waals surface area contributed by atoms with Crippen molar-refractivity contribution in [2.24, 2.45) is 0 Å². The molecule has 3 aromatic rings. The molecule has 0 aliphatic carbocycles. The number of nitrogens with zero attached hydrogens (tertiary/aromatic N) is 1. The molecule has 0 aliphatic heterocycles. The summed E-state index contributed by atoms with van der Waals surface area (Å²) in [6, 6.07) is 19.7. The zero-order valence-corrected chi connectivity index (χ0v) is 23.6. The molecule has 0 saturated carbocycles. The van der Waals surface area contributed by atoms with Gasteiger partial charge < -0.3 is 4.74 Å². The minimum atomic E-state index is -4.07. The fraction of sp³-hybridized carbons (Fsp3) is 0.345. The number of aryl methyl sites for hydroxylation is 3. The van der Waals surface area contributed by atoms with E-state index in [9.17, 15) is 13.2 Å². The van der Waals surface area contributed by atoms with Crippen LogP contribution in [0.4, 0.5) is 5.69 Å². The number of sulfonamides is 1. The van der Waals surface area contributed by atoms with Gasteiger partial charge in [0.15, 0.2) is 0 Å². The van der Waals surface area contributed by atoms with Crippen LogP contribution < -0.4 is 9.04 Å².